The predicted octanol–water partition coefficient (Wildman–Crippen LogP) is 4.14. The van der Waals surface area contributed by atoms with E-state index in [1.807, 2.05) is 72.6 Å². The average Bonchev–Trinajstić information content (AvgIpc) is 3.14. The minimum atomic E-state index is -0.497. The molecule has 2 amide bonds. The lowest BCUT2D eigenvalue weighted by Gasteiger charge is -2.33. The quantitative estimate of drug-likeness (QED) is 0.485. The first-order valence-corrected chi connectivity index (χ1v) is 11.4. The molecule has 0 bridgehead atoms. The van der Waals surface area contributed by atoms with Gasteiger partial charge in [-0.25, -0.2) is 0 Å². The number of rotatable bonds is 7. The monoisotopic (exact) mass is 468 g/mol. The Bertz CT molecular complexity index is 1210. The number of ketones is 1. The highest BCUT2D eigenvalue weighted by atomic mass is 16.7. The van der Waals surface area contributed by atoms with Crippen LogP contribution in [-0.4, -0.2) is 47.3 Å². The number of likely N-dealkylation sites (N-methyl/N-ethyl adjacent to an activating group) is 1. The van der Waals surface area contributed by atoms with Gasteiger partial charge in [0.15, 0.2) is 5.76 Å². The number of ether oxygens (including phenoxy) is 1. The molecule has 0 radical (unpaired) electrons. The van der Waals surface area contributed by atoms with Gasteiger partial charge in [0.2, 0.25) is 5.78 Å². The van der Waals surface area contributed by atoms with Gasteiger partial charge in [-0.3, -0.25) is 19.2 Å². The van der Waals surface area contributed by atoms with Gasteiger partial charge in [0.1, 0.15) is 6.10 Å². The molecular weight excluding hydrogens is 444 g/mol. The zero-order valence-electron chi connectivity index (χ0n) is 19.2. The van der Waals surface area contributed by atoms with Crippen molar-refractivity contribution in [2.75, 3.05) is 13.7 Å². The fraction of sp³-hybridized carbons (Fsp3) is 0.179. The van der Waals surface area contributed by atoms with Crippen LogP contribution in [0.2, 0.25) is 0 Å². The summed E-state index contributed by atoms with van der Waals surface area (Å²) in [4.78, 5) is 45.5. The third-order valence-electron chi connectivity index (χ3n) is 6.19. The Morgan fingerprint density at radius 1 is 0.800 bits per heavy atom. The van der Waals surface area contributed by atoms with E-state index < -0.39 is 17.9 Å². The first-order valence-electron chi connectivity index (χ1n) is 11.4. The summed E-state index contributed by atoms with van der Waals surface area (Å²) in [6.45, 7) is -0.00170. The summed E-state index contributed by atoms with van der Waals surface area (Å²) in [6, 6.07) is 25.7. The van der Waals surface area contributed by atoms with E-state index in [0.29, 0.717) is 11.1 Å². The molecule has 0 N–H and O–H groups in total. The van der Waals surface area contributed by atoms with Gasteiger partial charge in [-0.15, -0.1) is 5.06 Å². The standard InChI is InChI=1S/C28H24N2O5/c1-29-17-25(35-26(19-10-4-2-5-11-19)20-12-6-3-7-13-20)24(31)16-21(29)18-34-30-27(32)22-14-8-9-15-23(22)28(30)33/h2-15,17,21,26H,16,18H2,1H3. The molecule has 2 aliphatic rings. The normalized spacial score (nSPS) is 17.6. The van der Waals surface area contributed by atoms with E-state index in [1.165, 1.54) is 0 Å². The molecular formula is C28H24N2O5. The van der Waals surface area contributed by atoms with Crippen molar-refractivity contribution in [2.45, 2.75) is 18.6 Å². The molecule has 2 heterocycles. The second-order valence-electron chi connectivity index (χ2n) is 8.51. The van der Waals surface area contributed by atoms with Crippen molar-refractivity contribution in [3.63, 3.8) is 0 Å². The third-order valence-corrected chi connectivity index (χ3v) is 6.19. The number of hydroxylamine groups is 2. The number of hydrogen-bond acceptors (Lipinski definition) is 6. The maximum Gasteiger partial charge on any atom is 0.285 e. The highest BCUT2D eigenvalue weighted by Gasteiger charge is 2.38. The molecule has 7 nitrogen and oxygen atoms in total. The van der Waals surface area contributed by atoms with Crippen LogP contribution in [0.3, 0.4) is 0 Å². The molecule has 0 saturated carbocycles. The summed E-state index contributed by atoms with van der Waals surface area (Å²) < 4.78 is 6.26. The van der Waals surface area contributed by atoms with Gasteiger partial charge in [0.25, 0.3) is 11.8 Å². The van der Waals surface area contributed by atoms with Gasteiger partial charge in [-0.2, -0.15) is 0 Å². The van der Waals surface area contributed by atoms with Crippen LogP contribution >= 0.6 is 0 Å². The Morgan fingerprint density at radius 2 is 1.31 bits per heavy atom. The van der Waals surface area contributed by atoms with E-state index in [9.17, 15) is 14.4 Å². The molecule has 35 heavy (non-hydrogen) atoms. The van der Waals surface area contributed by atoms with E-state index in [0.717, 1.165) is 16.2 Å². The number of Topliss-reactive ketones (excluding diaryl/α,β-unsaturated/α-hetero) is 1. The minimum absolute atomic E-state index is 0.00170. The van der Waals surface area contributed by atoms with E-state index in [2.05, 4.69) is 0 Å². The van der Waals surface area contributed by atoms with Crippen LogP contribution in [0.4, 0.5) is 0 Å². The second kappa shape index (κ2) is 9.56. The molecule has 2 aliphatic heterocycles. The number of imide groups is 1. The van der Waals surface area contributed by atoms with Crippen molar-refractivity contribution >= 4 is 17.6 Å². The number of carbonyl (C=O) groups excluding carboxylic acids is 3. The van der Waals surface area contributed by atoms with E-state index in [-0.39, 0.29) is 30.6 Å². The highest BCUT2D eigenvalue weighted by Crippen LogP contribution is 2.31. The number of nitrogens with zero attached hydrogens (tertiary/aromatic N) is 2. The SMILES string of the molecule is CN1C=C(OC(c2ccccc2)c2ccccc2)C(=O)CC1CON1C(=O)c2ccccc2C1=O. The number of hydrogen-bond donors (Lipinski definition) is 0. The van der Waals surface area contributed by atoms with Crippen molar-refractivity contribution in [3.05, 3.63) is 119 Å². The van der Waals surface area contributed by atoms with Crippen molar-refractivity contribution in [1.29, 1.82) is 0 Å². The topological polar surface area (TPSA) is 76.2 Å². The minimum Gasteiger partial charge on any atom is -0.476 e. The fourth-order valence-corrected chi connectivity index (χ4v) is 4.25. The Balaban J connectivity index is 1.29. The molecule has 1 atom stereocenters. The van der Waals surface area contributed by atoms with Crippen LogP contribution in [0.1, 0.15) is 44.4 Å². The second-order valence-corrected chi connectivity index (χ2v) is 8.51. The maximum absolute atomic E-state index is 13.0. The molecule has 1 unspecified atom stereocenters. The molecule has 0 aromatic heterocycles. The van der Waals surface area contributed by atoms with Crippen LogP contribution < -0.4 is 0 Å². The smallest absolute Gasteiger partial charge is 0.285 e. The summed E-state index contributed by atoms with van der Waals surface area (Å²) in [7, 11) is 1.81. The number of benzene rings is 3. The molecule has 5 rings (SSSR count). The summed E-state index contributed by atoms with van der Waals surface area (Å²) >= 11 is 0. The van der Waals surface area contributed by atoms with Gasteiger partial charge >= 0.3 is 0 Å². The van der Waals surface area contributed by atoms with Crippen molar-refractivity contribution in [1.82, 2.24) is 9.96 Å². The third kappa shape index (κ3) is 4.46. The lowest BCUT2D eigenvalue weighted by molar-refractivity contribution is -0.127. The first-order chi connectivity index (χ1) is 17.0. The van der Waals surface area contributed by atoms with Crippen molar-refractivity contribution in [2.24, 2.45) is 0 Å². The van der Waals surface area contributed by atoms with Crippen molar-refractivity contribution < 1.29 is 24.0 Å². The summed E-state index contributed by atoms with van der Waals surface area (Å²) in [5.41, 5.74) is 2.50. The molecule has 3 aromatic carbocycles. The largest absolute Gasteiger partial charge is 0.476 e. The summed E-state index contributed by atoms with van der Waals surface area (Å²) in [5.74, 6) is -0.912. The predicted molar refractivity (Wildman–Crippen MR) is 128 cm³/mol. The number of fused-ring (bicyclic) bond motifs is 1. The van der Waals surface area contributed by atoms with Gasteiger partial charge in [0.05, 0.1) is 23.8 Å². The molecule has 176 valence electrons. The first kappa shape index (κ1) is 22.6. The number of amides is 2. The van der Waals surface area contributed by atoms with Crippen LogP contribution in [-0.2, 0) is 14.4 Å². The Labute approximate surface area is 203 Å². The van der Waals surface area contributed by atoms with Crippen molar-refractivity contribution in [3.8, 4) is 0 Å². The molecule has 0 saturated heterocycles. The Hall–Kier alpha value is -4.23. The highest BCUT2D eigenvalue weighted by molar-refractivity contribution is 6.20. The van der Waals surface area contributed by atoms with Crippen LogP contribution in [0, 0.1) is 0 Å². The molecule has 0 aliphatic carbocycles. The van der Waals surface area contributed by atoms with E-state index in [4.69, 9.17) is 9.57 Å². The van der Waals surface area contributed by atoms with Gasteiger partial charge in [-0.1, -0.05) is 72.8 Å². The lowest BCUT2D eigenvalue weighted by Crippen LogP contribution is -2.42. The van der Waals surface area contributed by atoms with Gasteiger partial charge in [0, 0.05) is 19.7 Å². The van der Waals surface area contributed by atoms with Gasteiger partial charge in [-0.05, 0) is 23.3 Å². The Kier molecular flexibility index (Phi) is 6.16. The zero-order chi connectivity index (χ0) is 24.4. The van der Waals surface area contributed by atoms with Gasteiger partial charge < -0.3 is 9.64 Å². The fourth-order valence-electron chi connectivity index (χ4n) is 4.25. The average molecular weight is 469 g/mol. The van der Waals surface area contributed by atoms with E-state index in [1.54, 1.807) is 30.5 Å². The molecule has 7 heteroatoms. The molecule has 0 spiro atoms. The number of carbonyl (C=O) groups is 3. The summed E-state index contributed by atoms with van der Waals surface area (Å²) in [5, 5.41) is 0.777. The molecule has 3 aromatic rings. The zero-order valence-corrected chi connectivity index (χ0v) is 19.2. The maximum atomic E-state index is 13.0. The summed E-state index contributed by atoms with van der Waals surface area (Å²) in [6.07, 6.45) is 1.34. The number of allylic oxidation sites excluding steroid dienone is 1. The molecule has 0 fully saturated rings. The van der Waals surface area contributed by atoms with Crippen LogP contribution in [0.5, 0.6) is 0 Å². The van der Waals surface area contributed by atoms with Crippen LogP contribution in [0.25, 0.3) is 0 Å². The van der Waals surface area contributed by atoms with Crippen LogP contribution in [0.15, 0.2) is 96.9 Å². The van der Waals surface area contributed by atoms with E-state index >= 15 is 0 Å². The lowest BCUT2D eigenvalue weighted by atomic mass is 10.0. The Morgan fingerprint density at radius 3 is 1.86 bits per heavy atom.